The van der Waals surface area contributed by atoms with E-state index < -0.39 is 0 Å². The predicted octanol–water partition coefficient (Wildman–Crippen LogP) is 0.282. The van der Waals surface area contributed by atoms with Gasteiger partial charge >= 0.3 is 0 Å². The molecule has 0 radical (unpaired) electrons. The first-order valence-corrected chi connectivity index (χ1v) is 7.77. The third-order valence-electron chi connectivity index (χ3n) is 4.21. The van der Waals surface area contributed by atoms with Crippen LogP contribution in [0.5, 0.6) is 0 Å². The SMILES string of the molecule is CCN(CC)CC(=O)N1CCN(c2c(C#N)cnn2C)CC1. The smallest absolute Gasteiger partial charge is 0.236 e. The van der Waals surface area contributed by atoms with Crippen LogP contribution in [0.3, 0.4) is 0 Å². The van der Waals surface area contributed by atoms with Gasteiger partial charge in [-0.1, -0.05) is 13.8 Å². The quantitative estimate of drug-likeness (QED) is 0.782. The zero-order valence-electron chi connectivity index (χ0n) is 13.6. The summed E-state index contributed by atoms with van der Waals surface area (Å²) < 4.78 is 1.73. The number of piperazine rings is 1. The van der Waals surface area contributed by atoms with Gasteiger partial charge in [0.1, 0.15) is 17.5 Å². The number of nitriles is 1. The molecule has 0 saturated carbocycles. The summed E-state index contributed by atoms with van der Waals surface area (Å²) in [5.74, 6) is 1.03. The normalized spacial score (nSPS) is 15.2. The molecule has 1 aliphatic rings. The topological polar surface area (TPSA) is 68.4 Å². The number of nitrogens with zero attached hydrogens (tertiary/aromatic N) is 6. The number of carbonyl (C=O) groups excluding carboxylic acids is 1. The molecule has 1 fully saturated rings. The number of aromatic nitrogens is 2. The molecule has 0 N–H and O–H groups in total. The molecule has 0 atom stereocenters. The minimum atomic E-state index is 0.189. The monoisotopic (exact) mass is 304 g/mol. The fraction of sp³-hybridized carbons (Fsp3) is 0.667. The summed E-state index contributed by atoms with van der Waals surface area (Å²) in [4.78, 5) is 18.5. The van der Waals surface area contributed by atoms with Crippen LogP contribution >= 0.6 is 0 Å². The summed E-state index contributed by atoms with van der Waals surface area (Å²) in [6.07, 6.45) is 1.59. The fourth-order valence-corrected chi connectivity index (χ4v) is 2.79. The molecule has 2 rings (SSSR count). The first kappa shape index (κ1) is 16.3. The van der Waals surface area contributed by atoms with Gasteiger partial charge in [0.25, 0.3) is 0 Å². The van der Waals surface area contributed by atoms with E-state index >= 15 is 0 Å². The summed E-state index contributed by atoms with van der Waals surface area (Å²) in [5, 5.41) is 13.3. The minimum Gasteiger partial charge on any atom is -0.352 e. The Morgan fingerprint density at radius 1 is 1.32 bits per heavy atom. The van der Waals surface area contributed by atoms with Crippen molar-refractivity contribution in [2.45, 2.75) is 13.8 Å². The molecular formula is C15H24N6O. The number of hydrogen-bond donors (Lipinski definition) is 0. The number of carbonyl (C=O) groups is 1. The van der Waals surface area contributed by atoms with Gasteiger partial charge in [0.15, 0.2) is 0 Å². The van der Waals surface area contributed by atoms with Gasteiger partial charge in [0.2, 0.25) is 5.91 Å². The average molecular weight is 304 g/mol. The lowest BCUT2D eigenvalue weighted by Gasteiger charge is -2.36. The van der Waals surface area contributed by atoms with Gasteiger partial charge in [-0.2, -0.15) is 10.4 Å². The van der Waals surface area contributed by atoms with Crippen LogP contribution in [0.25, 0.3) is 0 Å². The molecule has 22 heavy (non-hydrogen) atoms. The first-order chi connectivity index (χ1) is 10.6. The molecule has 2 heterocycles. The lowest BCUT2D eigenvalue weighted by Crippen LogP contribution is -2.51. The van der Waals surface area contributed by atoms with Crippen molar-refractivity contribution in [1.29, 1.82) is 5.26 Å². The predicted molar refractivity (Wildman–Crippen MR) is 84.5 cm³/mol. The van der Waals surface area contributed by atoms with Crippen LogP contribution in [0.2, 0.25) is 0 Å². The number of rotatable bonds is 5. The maximum absolute atomic E-state index is 12.3. The van der Waals surface area contributed by atoms with Crippen molar-refractivity contribution >= 4 is 11.7 Å². The van der Waals surface area contributed by atoms with Gasteiger partial charge < -0.3 is 9.80 Å². The molecule has 1 saturated heterocycles. The van der Waals surface area contributed by atoms with Crippen LogP contribution in [0.15, 0.2) is 6.20 Å². The lowest BCUT2D eigenvalue weighted by atomic mass is 10.2. The van der Waals surface area contributed by atoms with Gasteiger partial charge in [-0.25, -0.2) is 0 Å². The minimum absolute atomic E-state index is 0.189. The lowest BCUT2D eigenvalue weighted by molar-refractivity contribution is -0.132. The second-order valence-electron chi connectivity index (χ2n) is 5.45. The molecule has 1 aromatic rings. The van der Waals surface area contributed by atoms with Crippen molar-refractivity contribution in [3.63, 3.8) is 0 Å². The highest BCUT2D eigenvalue weighted by molar-refractivity contribution is 5.78. The van der Waals surface area contributed by atoms with Gasteiger partial charge in [0, 0.05) is 33.2 Å². The number of likely N-dealkylation sites (N-methyl/N-ethyl adjacent to an activating group) is 1. The van der Waals surface area contributed by atoms with E-state index in [1.807, 2.05) is 11.9 Å². The van der Waals surface area contributed by atoms with E-state index in [2.05, 4.69) is 34.8 Å². The zero-order valence-corrected chi connectivity index (χ0v) is 13.6. The maximum Gasteiger partial charge on any atom is 0.236 e. The van der Waals surface area contributed by atoms with Crippen molar-refractivity contribution in [3.05, 3.63) is 11.8 Å². The summed E-state index contributed by atoms with van der Waals surface area (Å²) in [7, 11) is 1.84. The number of hydrogen-bond acceptors (Lipinski definition) is 5. The van der Waals surface area contributed by atoms with Gasteiger partial charge in [0.05, 0.1) is 12.7 Å². The Balaban J connectivity index is 1.94. The Labute approximate surface area is 131 Å². The van der Waals surface area contributed by atoms with E-state index in [1.54, 1.807) is 10.9 Å². The molecule has 0 spiro atoms. The largest absolute Gasteiger partial charge is 0.352 e. The van der Waals surface area contributed by atoms with E-state index in [0.29, 0.717) is 25.2 Å². The Morgan fingerprint density at radius 2 is 1.95 bits per heavy atom. The van der Waals surface area contributed by atoms with Crippen molar-refractivity contribution in [2.75, 3.05) is 50.7 Å². The van der Waals surface area contributed by atoms with Gasteiger partial charge in [-0.15, -0.1) is 0 Å². The van der Waals surface area contributed by atoms with Gasteiger partial charge in [-0.05, 0) is 13.1 Å². The average Bonchev–Trinajstić information content (AvgIpc) is 2.93. The highest BCUT2D eigenvalue weighted by atomic mass is 16.2. The summed E-state index contributed by atoms with van der Waals surface area (Å²) >= 11 is 0. The third-order valence-corrected chi connectivity index (χ3v) is 4.21. The Kier molecular flexibility index (Phi) is 5.39. The summed E-state index contributed by atoms with van der Waals surface area (Å²) in [6, 6.07) is 2.18. The Morgan fingerprint density at radius 3 is 2.50 bits per heavy atom. The Hall–Kier alpha value is -2.07. The van der Waals surface area contributed by atoms with Gasteiger partial charge in [-0.3, -0.25) is 14.4 Å². The number of anilines is 1. The van der Waals surface area contributed by atoms with Crippen LogP contribution in [0.4, 0.5) is 5.82 Å². The molecular weight excluding hydrogens is 280 g/mol. The van der Waals surface area contributed by atoms with E-state index in [0.717, 1.165) is 32.0 Å². The molecule has 120 valence electrons. The standard InChI is InChI=1S/C15H24N6O/c1-4-19(5-2)12-14(22)20-6-8-21(9-7-20)15-13(10-16)11-17-18(15)3/h11H,4-9,12H2,1-3H3. The van der Waals surface area contributed by atoms with Crippen molar-refractivity contribution in [3.8, 4) is 6.07 Å². The maximum atomic E-state index is 12.3. The first-order valence-electron chi connectivity index (χ1n) is 7.77. The number of aryl methyl sites for hydroxylation is 1. The van der Waals surface area contributed by atoms with E-state index in [1.165, 1.54) is 0 Å². The second kappa shape index (κ2) is 7.27. The van der Waals surface area contributed by atoms with E-state index in [4.69, 9.17) is 5.26 Å². The van der Waals surface area contributed by atoms with Crippen LogP contribution in [0.1, 0.15) is 19.4 Å². The Bertz CT molecular complexity index is 549. The molecule has 7 heteroatoms. The number of amides is 1. The molecule has 1 aromatic heterocycles. The molecule has 0 unspecified atom stereocenters. The zero-order chi connectivity index (χ0) is 16.1. The molecule has 0 aliphatic carbocycles. The van der Waals surface area contributed by atoms with Crippen molar-refractivity contribution < 1.29 is 4.79 Å². The summed E-state index contributed by atoms with van der Waals surface area (Å²) in [6.45, 7) is 9.26. The van der Waals surface area contributed by atoms with Crippen LogP contribution in [-0.2, 0) is 11.8 Å². The molecule has 1 amide bonds. The highest BCUT2D eigenvalue weighted by Gasteiger charge is 2.25. The molecule has 0 aromatic carbocycles. The molecule has 1 aliphatic heterocycles. The fourth-order valence-electron chi connectivity index (χ4n) is 2.79. The molecule has 0 bridgehead atoms. The summed E-state index contributed by atoms with van der Waals surface area (Å²) in [5.41, 5.74) is 0.588. The van der Waals surface area contributed by atoms with Crippen LogP contribution in [0, 0.1) is 11.3 Å². The highest BCUT2D eigenvalue weighted by Crippen LogP contribution is 2.20. The van der Waals surface area contributed by atoms with Crippen molar-refractivity contribution in [1.82, 2.24) is 19.6 Å². The van der Waals surface area contributed by atoms with E-state index in [9.17, 15) is 4.79 Å². The third kappa shape index (κ3) is 3.39. The van der Waals surface area contributed by atoms with Crippen molar-refractivity contribution in [2.24, 2.45) is 7.05 Å². The van der Waals surface area contributed by atoms with E-state index in [-0.39, 0.29) is 5.91 Å². The van der Waals surface area contributed by atoms with Crippen LogP contribution in [-0.4, -0.2) is 71.3 Å². The second-order valence-corrected chi connectivity index (χ2v) is 5.45. The molecule has 7 nitrogen and oxygen atoms in total. The van der Waals surface area contributed by atoms with Crippen LogP contribution < -0.4 is 4.90 Å².